The molecule has 0 fully saturated rings. The minimum atomic E-state index is -0.462. The van der Waals surface area contributed by atoms with Crippen molar-refractivity contribution in [2.45, 2.75) is 32.2 Å². The van der Waals surface area contributed by atoms with Gasteiger partial charge in [-0.2, -0.15) is 0 Å². The van der Waals surface area contributed by atoms with E-state index in [-0.39, 0.29) is 18.4 Å². The molecule has 0 aliphatic heterocycles. The number of hydrogen-bond donors (Lipinski definition) is 2. The second kappa shape index (κ2) is 7.89. The van der Waals surface area contributed by atoms with Gasteiger partial charge >= 0.3 is 5.97 Å². The molecule has 0 saturated heterocycles. The van der Waals surface area contributed by atoms with E-state index in [2.05, 4.69) is 10.1 Å². The molecule has 2 N–H and O–H groups in total. The number of nitrogens with one attached hydrogen (secondary N) is 1. The molecule has 1 atom stereocenters. The minimum Gasteiger partial charge on any atom is -0.463 e. The zero-order chi connectivity index (χ0) is 13.4. The zero-order valence-corrected chi connectivity index (χ0v) is 10.9. The van der Waals surface area contributed by atoms with Gasteiger partial charge in [0.15, 0.2) is 0 Å². The third-order valence-electron chi connectivity index (χ3n) is 2.73. The SMILES string of the molecule is COC(=O)c1ccc(C(C)NCCCCCO)o1. The Balaban J connectivity index is 2.35. The molecule has 0 spiro atoms. The number of unbranched alkanes of at least 4 members (excludes halogenated alkanes) is 2. The molecule has 18 heavy (non-hydrogen) atoms. The van der Waals surface area contributed by atoms with E-state index >= 15 is 0 Å². The molecule has 5 nitrogen and oxygen atoms in total. The van der Waals surface area contributed by atoms with Crippen LogP contribution in [0.2, 0.25) is 0 Å². The van der Waals surface area contributed by atoms with Gasteiger partial charge < -0.3 is 19.6 Å². The molecule has 1 unspecified atom stereocenters. The van der Waals surface area contributed by atoms with Crippen LogP contribution in [0.25, 0.3) is 0 Å². The summed E-state index contributed by atoms with van der Waals surface area (Å²) in [7, 11) is 1.33. The highest BCUT2D eigenvalue weighted by atomic mass is 16.5. The van der Waals surface area contributed by atoms with Crippen molar-refractivity contribution in [2.24, 2.45) is 0 Å². The lowest BCUT2D eigenvalue weighted by Crippen LogP contribution is -2.19. The van der Waals surface area contributed by atoms with Gasteiger partial charge in [0.25, 0.3) is 0 Å². The Morgan fingerprint density at radius 2 is 2.22 bits per heavy atom. The van der Waals surface area contributed by atoms with Crippen molar-refractivity contribution in [3.63, 3.8) is 0 Å². The summed E-state index contributed by atoms with van der Waals surface area (Å²) >= 11 is 0. The molecule has 5 heteroatoms. The zero-order valence-electron chi connectivity index (χ0n) is 10.9. The highest BCUT2D eigenvalue weighted by molar-refractivity contribution is 5.86. The van der Waals surface area contributed by atoms with Crippen LogP contribution < -0.4 is 5.32 Å². The second-order valence-electron chi connectivity index (χ2n) is 4.15. The molecule has 0 aromatic carbocycles. The van der Waals surface area contributed by atoms with Crippen molar-refractivity contribution >= 4 is 5.97 Å². The van der Waals surface area contributed by atoms with Crippen LogP contribution in [0.1, 0.15) is 48.5 Å². The average molecular weight is 255 g/mol. The molecular formula is C13H21NO4. The summed E-state index contributed by atoms with van der Waals surface area (Å²) in [5.41, 5.74) is 0. The van der Waals surface area contributed by atoms with Gasteiger partial charge in [-0.05, 0) is 44.9 Å². The first-order valence-electron chi connectivity index (χ1n) is 6.21. The molecule has 0 aliphatic carbocycles. The molecule has 0 saturated carbocycles. The van der Waals surface area contributed by atoms with Gasteiger partial charge in [-0.1, -0.05) is 0 Å². The van der Waals surface area contributed by atoms with Crippen molar-refractivity contribution in [3.8, 4) is 0 Å². The Bertz CT molecular complexity index is 362. The number of aliphatic hydroxyl groups is 1. The van der Waals surface area contributed by atoms with Crippen molar-refractivity contribution in [2.75, 3.05) is 20.3 Å². The van der Waals surface area contributed by atoms with Gasteiger partial charge in [0, 0.05) is 6.61 Å². The fourth-order valence-corrected chi connectivity index (χ4v) is 1.63. The Labute approximate surface area is 107 Å². The van der Waals surface area contributed by atoms with E-state index in [4.69, 9.17) is 9.52 Å². The Morgan fingerprint density at radius 3 is 2.89 bits per heavy atom. The summed E-state index contributed by atoms with van der Waals surface area (Å²) in [6, 6.07) is 3.44. The molecule has 0 radical (unpaired) electrons. The molecule has 102 valence electrons. The molecule has 0 aliphatic rings. The lowest BCUT2D eigenvalue weighted by atomic mass is 10.2. The number of rotatable bonds is 8. The number of ether oxygens (including phenoxy) is 1. The van der Waals surface area contributed by atoms with Crippen molar-refractivity contribution in [3.05, 3.63) is 23.7 Å². The summed E-state index contributed by atoms with van der Waals surface area (Å²) < 4.78 is 9.98. The van der Waals surface area contributed by atoms with Crippen molar-refractivity contribution < 1.29 is 19.1 Å². The van der Waals surface area contributed by atoms with Gasteiger partial charge in [0.2, 0.25) is 5.76 Å². The molecule has 1 aromatic rings. The summed E-state index contributed by atoms with van der Waals surface area (Å²) in [4.78, 5) is 11.2. The maximum atomic E-state index is 11.2. The maximum Gasteiger partial charge on any atom is 0.373 e. The standard InChI is InChI=1S/C13H21NO4/c1-10(14-8-4-3-5-9-15)11-6-7-12(18-11)13(16)17-2/h6-7,10,14-15H,3-5,8-9H2,1-2H3. The topological polar surface area (TPSA) is 71.7 Å². The van der Waals surface area contributed by atoms with E-state index in [9.17, 15) is 4.79 Å². The third kappa shape index (κ3) is 4.50. The fourth-order valence-electron chi connectivity index (χ4n) is 1.63. The van der Waals surface area contributed by atoms with Gasteiger partial charge in [-0.15, -0.1) is 0 Å². The number of furan rings is 1. The predicted octanol–water partition coefficient (Wildman–Crippen LogP) is 1.88. The maximum absolute atomic E-state index is 11.2. The number of carbonyl (C=O) groups is 1. The third-order valence-corrected chi connectivity index (χ3v) is 2.73. The first kappa shape index (κ1) is 14.7. The predicted molar refractivity (Wildman–Crippen MR) is 67.4 cm³/mol. The monoisotopic (exact) mass is 255 g/mol. The first-order valence-corrected chi connectivity index (χ1v) is 6.21. The highest BCUT2D eigenvalue weighted by Gasteiger charge is 2.14. The molecular weight excluding hydrogens is 234 g/mol. The summed E-state index contributed by atoms with van der Waals surface area (Å²) in [5, 5.41) is 12.0. The van der Waals surface area contributed by atoms with Crippen LogP contribution in [0.15, 0.2) is 16.5 Å². The number of aliphatic hydroxyl groups excluding tert-OH is 1. The second-order valence-corrected chi connectivity index (χ2v) is 4.15. The Kier molecular flexibility index (Phi) is 6.46. The molecule has 0 bridgehead atoms. The van der Waals surface area contributed by atoms with Crippen molar-refractivity contribution in [1.29, 1.82) is 0 Å². The van der Waals surface area contributed by atoms with Crippen LogP contribution in [0.3, 0.4) is 0 Å². The molecule has 0 amide bonds. The number of methoxy groups -OCH3 is 1. The summed E-state index contributed by atoms with van der Waals surface area (Å²) in [6.07, 6.45) is 2.85. The van der Waals surface area contributed by atoms with E-state index in [0.717, 1.165) is 31.6 Å². The van der Waals surface area contributed by atoms with Gasteiger partial charge in [-0.3, -0.25) is 0 Å². The smallest absolute Gasteiger partial charge is 0.373 e. The summed E-state index contributed by atoms with van der Waals surface area (Å²) in [6.45, 7) is 3.08. The summed E-state index contributed by atoms with van der Waals surface area (Å²) in [5.74, 6) is 0.482. The lowest BCUT2D eigenvalue weighted by molar-refractivity contribution is 0.0562. The average Bonchev–Trinajstić information content (AvgIpc) is 2.87. The van der Waals surface area contributed by atoms with Gasteiger partial charge in [-0.25, -0.2) is 4.79 Å². The van der Waals surface area contributed by atoms with Gasteiger partial charge in [0.1, 0.15) is 5.76 Å². The number of hydrogen-bond acceptors (Lipinski definition) is 5. The minimum absolute atomic E-state index is 0.0533. The Hall–Kier alpha value is -1.33. The van der Waals surface area contributed by atoms with E-state index < -0.39 is 5.97 Å². The largest absolute Gasteiger partial charge is 0.463 e. The Morgan fingerprint density at radius 1 is 1.44 bits per heavy atom. The molecule has 1 rings (SSSR count). The van der Waals surface area contributed by atoms with E-state index in [1.807, 2.05) is 6.92 Å². The van der Waals surface area contributed by atoms with Gasteiger partial charge in [0.05, 0.1) is 13.2 Å². The van der Waals surface area contributed by atoms with Crippen LogP contribution in [0.4, 0.5) is 0 Å². The highest BCUT2D eigenvalue weighted by Crippen LogP contribution is 2.16. The first-order chi connectivity index (χ1) is 8.69. The normalized spacial score (nSPS) is 12.4. The lowest BCUT2D eigenvalue weighted by Gasteiger charge is -2.10. The van der Waals surface area contributed by atoms with Crippen molar-refractivity contribution in [1.82, 2.24) is 5.32 Å². The quantitative estimate of drug-likeness (QED) is 0.548. The fraction of sp³-hybridized carbons (Fsp3) is 0.615. The van der Waals surface area contributed by atoms with Crippen LogP contribution in [0.5, 0.6) is 0 Å². The van der Waals surface area contributed by atoms with E-state index in [1.165, 1.54) is 7.11 Å². The van der Waals surface area contributed by atoms with Crippen LogP contribution in [-0.2, 0) is 4.74 Å². The number of carbonyl (C=O) groups excluding carboxylic acids is 1. The van der Waals surface area contributed by atoms with E-state index in [1.54, 1.807) is 12.1 Å². The number of esters is 1. The van der Waals surface area contributed by atoms with Crippen LogP contribution in [-0.4, -0.2) is 31.3 Å². The van der Waals surface area contributed by atoms with Crippen LogP contribution in [0, 0.1) is 0 Å². The molecule has 1 heterocycles. The van der Waals surface area contributed by atoms with E-state index in [0.29, 0.717) is 0 Å². The molecule has 1 aromatic heterocycles. The van der Waals surface area contributed by atoms with Crippen LogP contribution >= 0.6 is 0 Å².